The summed E-state index contributed by atoms with van der Waals surface area (Å²) >= 11 is 0. The molecule has 0 aliphatic rings. The van der Waals surface area contributed by atoms with Crippen LogP contribution in [0.1, 0.15) is 48.5 Å². The van der Waals surface area contributed by atoms with Crippen molar-refractivity contribution in [2.45, 2.75) is 65.6 Å². The van der Waals surface area contributed by atoms with Crippen molar-refractivity contribution in [1.29, 1.82) is 5.26 Å². The molecule has 110 valence electrons. The molecule has 0 heterocycles. The van der Waals surface area contributed by atoms with Gasteiger partial charge in [-0.15, -0.1) is 0 Å². The van der Waals surface area contributed by atoms with Gasteiger partial charge in [-0.05, 0) is 48.1 Å². The number of hydrogen-bond donors (Lipinski definition) is 1. The van der Waals surface area contributed by atoms with Gasteiger partial charge in [0.1, 0.15) is 11.6 Å². The second-order valence-electron chi connectivity index (χ2n) is 6.50. The Morgan fingerprint density at radius 3 is 2.16 bits per heavy atom. The number of amides is 1. The maximum atomic E-state index is 12.2. The molecule has 1 unspecified atom stereocenters. The fraction of sp³-hybridized carbons (Fsp3) is 0.857. The molecule has 19 heavy (non-hydrogen) atoms. The van der Waals surface area contributed by atoms with Crippen molar-refractivity contribution in [2.24, 2.45) is 0 Å². The van der Waals surface area contributed by atoms with Crippen LogP contribution in [0, 0.1) is 11.3 Å². The average molecular weight is 269 g/mol. The van der Waals surface area contributed by atoms with Crippen molar-refractivity contribution in [2.75, 3.05) is 13.1 Å². The molecule has 0 fully saturated rings. The van der Waals surface area contributed by atoms with E-state index in [0.717, 1.165) is 0 Å². The molecule has 0 saturated carbocycles. The van der Waals surface area contributed by atoms with Gasteiger partial charge in [0.2, 0.25) is 0 Å². The summed E-state index contributed by atoms with van der Waals surface area (Å²) in [6.07, 6.45) is -0.391. The van der Waals surface area contributed by atoms with Gasteiger partial charge in [-0.2, -0.15) is 5.26 Å². The lowest BCUT2D eigenvalue weighted by molar-refractivity contribution is 0.00512. The second-order valence-corrected chi connectivity index (χ2v) is 6.50. The van der Waals surface area contributed by atoms with Crippen molar-refractivity contribution >= 4 is 6.09 Å². The van der Waals surface area contributed by atoms with Gasteiger partial charge in [-0.3, -0.25) is 0 Å². The highest BCUT2D eigenvalue weighted by atomic mass is 16.6. The van der Waals surface area contributed by atoms with Crippen LogP contribution >= 0.6 is 0 Å². The molecule has 0 bridgehead atoms. The van der Waals surface area contributed by atoms with Crippen LogP contribution in [0.3, 0.4) is 0 Å². The second kappa shape index (κ2) is 6.76. The number of nitriles is 1. The number of rotatable bonds is 4. The highest BCUT2D eigenvalue weighted by Crippen LogP contribution is 2.18. The molecule has 5 heteroatoms. The Bertz CT molecular complexity index is 334. The van der Waals surface area contributed by atoms with E-state index in [9.17, 15) is 4.79 Å². The van der Waals surface area contributed by atoms with Crippen LogP contribution in [0.5, 0.6) is 0 Å². The van der Waals surface area contributed by atoms with Crippen LogP contribution in [-0.2, 0) is 4.74 Å². The van der Waals surface area contributed by atoms with Gasteiger partial charge in [0, 0.05) is 5.54 Å². The molecule has 0 aliphatic heterocycles. The first-order valence-corrected chi connectivity index (χ1v) is 6.65. The van der Waals surface area contributed by atoms with Crippen LogP contribution in [0.4, 0.5) is 4.79 Å². The molecule has 1 N–H and O–H groups in total. The summed E-state index contributed by atoms with van der Waals surface area (Å²) in [5.41, 5.74) is -0.937. The van der Waals surface area contributed by atoms with Crippen molar-refractivity contribution in [3.8, 4) is 6.07 Å². The van der Waals surface area contributed by atoms with E-state index in [1.165, 1.54) is 0 Å². The first-order valence-electron chi connectivity index (χ1n) is 6.65. The number of carbonyl (C=O) groups is 1. The van der Waals surface area contributed by atoms with Gasteiger partial charge in [-0.25, -0.2) is 4.79 Å². The van der Waals surface area contributed by atoms with Gasteiger partial charge in [0.15, 0.2) is 0 Å². The maximum absolute atomic E-state index is 12.2. The number of likely N-dealkylation sites (N-methyl/N-ethyl adjacent to an activating group) is 1. The molecule has 0 saturated heterocycles. The van der Waals surface area contributed by atoms with Gasteiger partial charge in [-0.1, -0.05) is 6.92 Å². The largest absolute Gasteiger partial charge is 0.444 e. The minimum absolute atomic E-state index is 0.308. The van der Waals surface area contributed by atoms with E-state index in [2.05, 4.69) is 11.4 Å². The van der Waals surface area contributed by atoms with E-state index in [1.807, 2.05) is 48.5 Å². The van der Waals surface area contributed by atoms with E-state index in [0.29, 0.717) is 13.1 Å². The molecule has 0 aromatic heterocycles. The van der Waals surface area contributed by atoms with Crippen LogP contribution < -0.4 is 5.32 Å². The maximum Gasteiger partial charge on any atom is 0.410 e. The topological polar surface area (TPSA) is 65.4 Å². The Balaban J connectivity index is 4.94. The van der Waals surface area contributed by atoms with Crippen molar-refractivity contribution in [3.05, 3.63) is 0 Å². The lowest BCUT2D eigenvalue weighted by Crippen LogP contribution is -2.53. The number of nitrogens with zero attached hydrogens (tertiary/aromatic N) is 2. The summed E-state index contributed by atoms with van der Waals surface area (Å²) in [6.45, 7) is 14.2. The Hall–Kier alpha value is -1.28. The van der Waals surface area contributed by atoms with Gasteiger partial charge in [0.25, 0.3) is 0 Å². The molecular weight excluding hydrogens is 242 g/mol. The van der Waals surface area contributed by atoms with E-state index in [4.69, 9.17) is 10.00 Å². The Labute approximate surface area is 116 Å². The fourth-order valence-corrected chi connectivity index (χ4v) is 1.52. The van der Waals surface area contributed by atoms with Crippen LogP contribution in [0.2, 0.25) is 0 Å². The van der Waals surface area contributed by atoms with Crippen molar-refractivity contribution < 1.29 is 9.53 Å². The van der Waals surface area contributed by atoms with E-state index >= 15 is 0 Å². The van der Waals surface area contributed by atoms with Gasteiger partial charge < -0.3 is 15.0 Å². The number of hydrogen-bond acceptors (Lipinski definition) is 4. The Morgan fingerprint density at radius 2 is 1.84 bits per heavy atom. The first-order chi connectivity index (χ1) is 8.51. The summed E-state index contributed by atoms with van der Waals surface area (Å²) in [4.78, 5) is 13.8. The zero-order valence-electron chi connectivity index (χ0n) is 13.2. The minimum Gasteiger partial charge on any atom is -0.444 e. The molecule has 1 amide bonds. The third kappa shape index (κ3) is 7.02. The summed E-state index contributed by atoms with van der Waals surface area (Å²) in [5, 5.41) is 12.1. The summed E-state index contributed by atoms with van der Waals surface area (Å²) in [5.74, 6) is 0. The van der Waals surface area contributed by atoms with Gasteiger partial charge in [0.05, 0.1) is 12.6 Å². The summed E-state index contributed by atoms with van der Waals surface area (Å²) in [7, 11) is 0. The quantitative estimate of drug-likeness (QED) is 0.851. The molecule has 0 spiro atoms. The highest BCUT2D eigenvalue weighted by molar-refractivity contribution is 5.69. The lowest BCUT2D eigenvalue weighted by atomic mass is 10.1. The van der Waals surface area contributed by atoms with E-state index in [-0.39, 0.29) is 0 Å². The Kier molecular flexibility index (Phi) is 6.31. The molecule has 0 aromatic rings. The third-order valence-corrected chi connectivity index (χ3v) is 2.40. The Morgan fingerprint density at radius 1 is 1.32 bits per heavy atom. The van der Waals surface area contributed by atoms with Crippen molar-refractivity contribution in [3.63, 3.8) is 0 Å². The molecule has 0 aliphatic carbocycles. The normalized spacial score (nSPS) is 13.6. The number of ether oxygens (including phenoxy) is 1. The zero-order chi connectivity index (χ0) is 15.3. The standard InChI is InChI=1S/C14H27N3O2/c1-8-16-11(9-15)10-17(13(2,3)4)12(18)19-14(5,6)7/h11,16H,8,10H2,1-7H3. The molecule has 0 aromatic carbocycles. The molecule has 5 nitrogen and oxygen atoms in total. The minimum atomic E-state index is -0.541. The first kappa shape index (κ1) is 17.7. The fourth-order valence-electron chi connectivity index (χ4n) is 1.52. The number of carbonyl (C=O) groups excluding carboxylic acids is 1. The zero-order valence-corrected chi connectivity index (χ0v) is 13.2. The van der Waals surface area contributed by atoms with Crippen LogP contribution in [0.25, 0.3) is 0 Å². The monoisotopic (exact) mass is 269 g/mol. The van der Waals surface area contributed by atoms with Crippen LogP contribution in [0.15, 0.2) is 0 Å². The van der Waals surface area contributed by atoms with Crippen molar-refractivity contribution in [1.82, 2.24) is 10.2 Å². The van der Waals surface area contributed by atoms with Crippen LogP contribution in [-0.4, -0.2) is 41.3 Å². The number of nitrogens with one attached hydrogen (secondary N) is 1. The summed E-state index contributed by atoms with van der Waals surface area (Å²) < 4.78 is 5.40. The molecule has 0 radical (unpaired) electrons. The predicted molar refractivity (Wildman–Crippen MR) is 75.8 cm³/mol. The average Bonchev–Trinajstić information content (AvgIpc) is 2.19. The molecular formula is C14H27N3O2. The third-order valence-electron chi connectivity index (χ3n) is 2.40. The molecule has 0 rings (SSSR count). The smallest absolute Gasteiger partial charge is 0.410 e. The van der Waals surface area contributed by atoms with E-state index in [1.54, 1.807) is 4.90 Å². The predicted octanol–water partition coefficient (Wildman–Crippen LogP) is 2.52. The SMILES string of the molecule is CCNC(C#N)CN(C(=O)OC(C)(C)C)C(C)(C)C. The molecule has 1 atom stereocenters. The lowest BCUT2D eigenvalue weighted by Gasteiger charge is -2.37. The summed E-state index contributed by atoms with van der Waals surface area (Å²) in [6, 6.07) is 1.77. The van der Waals surface area contributed by atoms with E-state index < -0.39 is 23.3 Å². The van der Waals surface area contributed by atoms with Gasteiger partial charge >= 0.3 is 6.09 Å². The highest BCUT2D eigenvalue weighted by Gasteiger charge is 2.32.